The molecule has 1 aliphatic heterocycles. The third kappa shape index (κ3) is 3.87. The summed E-state index contributed by atoms with van der Waals surface area (Å²) in [5.41, 5.74) is 1.22. The van der Waals surface area contributed by atoms with E-state index >= 15 is 0 Å². The predicted molar refractivity (Wildman–Crippen MR) is 77.6 cm³/mol. The highest BCUT2D eigenvalue weighted by atomic mass is 16.5. The zero-order chi connectivity index (χ0) is 13.7. The highest BCUT2D eigenvalue weighted by Crippen LogP contribution is 2.28. The number of phenolic OH excluding ortho intramolecular Hbond substituents is 1. The summed E-state index contributed by atoms with van der Waals surface area (Å²) < 4.78 is 5.43. The lowest BCUT2D eigenvalue weighted by Crippen LogP contribution is -2.20. The Bertz CT molecular complexity index is 406. The monoisotopic (exact) mass is 263 g/mol. The second-order valence-corrected chi connectivity index (χ2v) is 5.41. The third-order valence-corrected chi connectivity index (χ3v) is 3.80. The van der Waals surface area contributed by atoms with Crippen LogP contribution in [0.2, 0.25) is 0 Å². The van der Waals surface area contributed by atoms with Crippen molar-refractivity contribution in [2.24, 2.45) is 5.92 Å². The molecular weight excluding hydrogens is 238 g/mol. The summed E-state index contributed by atoms with van der Waals surface area (Å²) in [6.45, 7) is 8.13. The molecule has 106 valence electrons. The number of benzene rings is 1. The number of ether oxygens (including phenoxy) is 1. The van der Waals surface area contributed by atoms with Crippen molar-refractivity contribution in [3.05, 3.63) is 23.8 Å². The predicted octanol–water partition coefficient (Wildman–Crippen LogP) is 3.41. The number of rotatable bonds is 6. The molecule has 1 heterocycles. The van der Waals surface area contributed by atoms with Crippen molar-refractivity contribution in [3.8, 4) is 11.5 Å². The topological polar surface area (TPSA) is 32.7 Å². The Labute approximate surface area is 116 Å². The van der Waals surface area contributed by atoms with E-state index in [1.807, 2.05) is 19.1 Å². The fourth-order valence-corrected chi connectivity index (χ4v) is 2.89. The summed E-state index contributed by atoms with van der Waals surface area (Å²) in [6, 6.07) is 5.69. The van der Waals surface area contributed by atoms with Gasteiger partial charge in [-0.2, -0.15) is 0 Å². The first-order chi connectivity index (χ1) is 9.22. The van der Waals surface area contributed by atoms with Crippen molar-refractivity contribution in [2.45, 2.75) is 39.7 Å². The molecule has 3 heteroatoms. The summed E-state index contributed by atoms with van der Waals surface area (Å²) in [5.74, 6) is 1.70. The van der Waals surface area contributed by atoms with Crippen molar-refractivity contribution >= 4 is 0 Å². The molecule has 0 radical (unpaired) electrons. The maximum absolute atomic E-state index is 9.70. The molecule has 0 amide bonds. The van der Waals surface area contributed by atoms with Gasteiger partial charge in [-0.1, -0.05) is 19.4 Å². The quantitative estimate of drug-likeness (QED) is 0.853. The zero-order valence-electron chi connectivity index (χ0n) is 12.1. The number of nitrogens with zero attached hydrogens (tertiary/aromatic N) is 1. The zero-order valence-corrected chi connectivity index (χ0v) is 12.1. The summed E-state index contributed by atoms with van der Waals surface area (Å²) in [7, 11) is 0. The second kappa shape index (κ2) is 6.80. The van der Waals surface area contributed by atoms with Gasteiger partial charge in [0.25, 0.3) is 0 Å². The average molecular weight is 263 g/mol. The molecule has 0 aliphatic carbocycles. The highest BCUT2D eigenvalue weighted by Gasteiger charge is 2.21. The van der Waals surface area contributed by atoms with E-state index in [0.29, 0.717) is 12.4 Å². The lowest BCUT2D eigenvalue weighted by atomic mass is 10.0. The molecule has 1 unspecified atom stereocenters. The van der Waals surface area contributed by atoms with E-state index in [4.69, 9.17) is 4.74 Å². The Morgan fingerprint density at radius 1 is 1.37 bits per heavy atom. The smallest absolute Gasteiger partial charge is 0.161 e. The fourth-order valence-electron chi connectivity index (χ4n) is 2.89. The minimum absolute atomic E-state index is 0.232. The van der Waals surface area contributed by atoms with Gasteiger partial charge in [-0.25, -0.2) is 0 Å². The van der Waals surface area contributed by atoms with Crippen molar-refractivity contribution in [3.63, 3.8) is 0 Å². The Morgan fingerprint density at radius 3 is 2.95 bits per heavy atom. The molecule has 1 atom stereocenters. The van der Waals surface area contributed by atoms with Crippen LogP contribution < -0.4 is 4.74 Å². The molecular formula is C16H25NO2. The van der Waals surface area contributed by atoms with E-state index in [1.165, 1.54) is 37.9 Å². The molecule has 2 rings (SSSR count). The maximum atomic E-state index is 9.70. The first-order valence-electron chi connectivity index (χ1n) is 7.40. The van der Waals surface area contributed by atoms with E-state index in [0.717, 1.165) is 12.5 Å². The van der Waals surface area contributed by atoms with E-state index in [2.05, 4.69) is 11.8 Å². The molecule has 19 heavy (non-hydrogen) atoms. The van der Waals surface area contributed by atoms with Crippen LogP contribution in [-0.2, 0) is 6.54 Å². The van der Waals surface area contributed by atoms with Gasteiger partial charge in [0.05, 0.1) is 6.61 Å². The van der Waals surface area contributed by atoms with Crippen molar-refractivity contribution < 1.29 is 9.84 Å². The van der Waals surface area contributed by atoms with Crippen molar-refractivity contribution in [1.29, 1.82) is 0 Å². The van der Waals surface area contributed by atoms with Gasteiger partial charge in [-0.15, -0.1) is 0 Å². The third-order valence-electron chi connectivity index (χ3n) is 3.80. The van der Waals surface area contributed by atoms with Crippen molar-refractivity contribution in [2.75, 3.05) is 19.7 Å². The summed E-state index contributed by atoms with van der Waals surface area (Å²) >= 11 is 0. The Morgan fingerprint density at radius 2 is 2.21 bits per heavy atom. The van der Waals surface area contributed by atoms with Crippen LogP contribution in [0.3, 0.4) is 0 Å². The maximum Gasteiger partial charge on any atom is 0.161 e. The molecule has 0 aromatic heterocycles. The fraction of sp³-hybridized carbons (Fsp3) is 0.625. The molecule has 1 saturated heterocycles. The van der Waals surface area contributed by atoms with Crippen LogP contribution >= 0.6 is 0 Å². The standard InChI is InChI=1S/C16H25NO2/c1-3-5-13-8-9-17(11-13)12-14-6-7-15(18)16(10-14)19-4-2/h6-7,10,13,18H,3-5,8-9,11-12H2,1-2H3. The minimum atomic E-state index is 0.232. The SMILES string of the molecule is CCCC1CCN(Cc2ccc(O)c(OCC)c2)C1. The van der Waals surface area contributed by atoms with Crippen LogP contribution in [0.25, 0.3) is 0 Å². The molecule has 0 bridgehead atoms. The summed E-state index contributed by atoms with van der Waals surface area (Å²) in [6.07, 6.45) is 3.95. The van der Waals surface area contributed by atoms with Gasteiger partial charge in [0.15, 0.2) is 11.5 Å². The van der Waals surface area contributed by atoms with Gasteiger partial charge in [0.1, 0.15) is 0 Å². The summed E-state index contributed by atoms with van der Waals surface area (Å²) in [5, 5.41) is 9.70. The normalized spacial score (nSPS) is 19.8. The van der Waals surface area contributed by atoms with Gasteiger partial charge in [-0.05, 0) is 49.9 Å². The molecule has 0 spiro atoms. The molecule has 1 N–H and O–H groups in total. The lowest BCUT2D eigenvalue weighted by Gasteiger charge is -2.17. The van der Waals surface area contributed by atoms with E-state index in [1.54, 1.807) is 6.07 Å². The molecule has 1 aliphatic rings. The number of likely N-dealkylation sites (tertiary alicyclic amines) is 1. The van der Waals surface area contributed by atoms with Crippen LogP contribution in [-0.4, -0.2) is 29.7 Å². The average Bonchev–Trinajstić information content (AvgIpc) is 2.82. The van der Waals surface area contributed by atoms with Gasteiger partial charge in [0.2, 0.25) is 0 Å². The highest BCUT2D eigenvalue weighted by molar-refractivity contribution is 5.41. The largest absolute Gasteiger partial charge is 0.504 e. The second-order valence-electron chi connectivity index (χ2n) is 5.41. The molecule has 0 saturated carbocycles. The Hall–Kier alpha value is -1.22. The van der Waals surface area contributed by atoms with Crippen LogP contribution in [0.1, 0.15) is 38.7 Å². The van der Waals surface area contributed by atoms with Gasteiger partial charge in [-0.3, -0.25) is 4.90 Å². The lowest BCUT2D eigenvalue weighted by molar-refractivity contribution is 0.305. The van der Waals surface area contributed by atoms with Gasteiger partial charge >= 0.3 is 0 Å². The number of phenols is 1. The first kappa shape index (κ1) is 14.2. The van der Waals surface area contributed by atoms with Crippen LogP contribution in [0.5, 0.6) is 11.5 Å². The van der Waals surface area contributed by atoms with E-state index < -0.39 is 0 Å². The number of aromatic hydroxyl groups is 1. The van der Waals surface area contributed by atoms with Crippen molar-refractivity contribution in [1.82, 2.24) is 4.90 Å². The molecule has 3 nitrogen and oxygen atoms in total. The molecule has 1 aromatic carbocycles. The van der Waals surface area contributed by atoms with E-state index in [9.17, 15) is 5.11 Å². The molecule has 1 aromatic rings. The van der Waals surface area contributed by atoms with Crippen LogP contribution in [0.15, 0.2) is 18.2 Å². The van der Waals surface area contributed by atoms with Gasteiger partial charge in [0, 0.05) is 13.1 Å². The van der Waals surface area contributed by atoms with Gasteiger partial charge < -0.3 is 9.84 Å². The summed E-state index contributed by atoms with van der Waals surface area (Å²) in [4.78, 5) is 2.50. The molecule has 1 fully saturated rings. The minimum Gasteiger partial charge on any atom is -0.504 e. The number of hydrogen-bond acceptors (Lipinski definition) is 3. The first-order valence-corrected chi connectivity index (χ1v) is 7.40. The number of hydrogen-bond donors (Lipinski definition) is 1. The van der Waals surface area contributed by atoms with E-state index in [-0.39, 0.29) is 5.75 Å². The Kier molecular flexibility index (Phi) is 5.08. The van der Waals surface area contributed by atoms with Crippen LogP contribution in [0, 0.1) is 5.92 Å². The Balaban J connectivity index is 1.94. The van der Waals surface area contributed by atoms with Crippen LogP contribution in [0.4, 0.5) is 0 Å².